The van der Waals surface area contributed by atoms with Gasteiger partial charge in [0.1, 0.15) is 0 Å². The lowest BCUT2D eigenvalue weighted by Crippen LogP contribution is -2.37. The van der Waals surface area contributed by atoms with Crippen molar-refractivity contribution < 1.29 is 14.7 Å². The van der Waals surface area contributed by atoms with E-state index in [0.29, 0.717) is 18.8 Å². The van der Waals surface area contributed by atoms with E-state index in [-0.39, 0.29) is 11.9 Å². The van der Waals surface area contributed by atoms with Gasteiger partial charge in [0.2, 0.25) is 5.91 Å². The standard InChI is InChI=1S/C24H27NO3/c26-23(20-10-5-11-21(20)24(27)28)25-22(18-6-2-1-3-7-18)19-14-12-17(13-15-19)16-8-4-9-16/h1-3,6-7,12-16,20-22H,4-5,8-11H2,(H,25,26)(H,27,28)/t20-,21+,22+/m1/s1. The van der Waals surface area contributed by atoms with Crippen LogP contribution in [0.4, 0.5) is 0 Å². The molecule has 146 valence electrons. The normalized spacial score (nSPS) is 23.0. The van der Waals surface area contributed by atoms with E-state index >= 15 is 0 Å². The van der Waals surface area contributed by atoms with E-state index in [2.05, 4.69) is 29.6 Å². The van der Waals surface area contributed by atoms with Gasteiger partial charge in [0.25, 0.3) is 0 Å². The molecule has 0 heterocycles. The number of aliphatic carboxylic acids is 1. The summed E-state index contributed by atoms with van der Waals surface area (Å²) in [6, 6.07) is 18.2. The zero-order chi connectivity index (χ0) is 19.5. The smallest absolute Gasteiger partial charge is 0.307 e. The van der Waals surface area contributed by atoms with Crippen molar-refractivity contribution >= 4 is 11.9 Å². The molecule has 0 unspecified atom stereocenters. The van der Waals surface area contributed by atoms with Crippen molar-refractivity contribution in [2.24, 2.45) is 11.8 Å². The lowest BCUT2D eigenvalue weighted by Gasteiger charge is -2.27. The second kappa shape index (κ2) is 8.17. The van der Waals surface area contributed by atoms with Gasteiger partial charge in [-0.15, -0.1) is 0 Å². The third-order valence-corrected chi connectivity index (χ3v) is 6.44. The molecule has 0 spiro atoms. The maximum Gasteiger partial charge on any atom is 0.307 e. The summed E-state index contributed by atoms with van der Waals surface area (Å²) in [5, 5.41) is 12.6. The van der Waals surface area contributed by atoms with Crippen LogP contribution < -0.4 is 5.32 Å². The molecule has 0 aromatic heterocycles. The third-order valence-electron chi connectivity index (χ3n) is 6.44. The number of nitrogens with one attached hydrogen (secondary N) is 1. The fourth-order valence-electron chi connectivity index (χ4n) is 4.53. The highest BCUT2D eigenvalue weighted by atomic mass is 16.4. The molecule has 2 fully saturated rings. The number of carboxylic acids is 1. The minimum absolute atomic E-state index is 0.151. The number of amides is 1. The maximum atomic E-state index is 13.0. The predicted molar refractivity (Wildman–Crippen MR) is 108 cm³/mol. The molecule has 28 heavy (non-hydrogen) atoms. The highest BCUT2D eigenvalue weighted by Crippen LogP contribution is 2.37. The summed E-state index contributed by atoms with van der Waals surface area (Å²) in [5.41, 5.74) is 3.42. The first-order valence-electron chi connectivity index (χ1n) is 10.3. The number of carbonyl (C=O) groups excluding carboxylic acids is 1. The first kappa shape index (κ1) is 18.7. The third kappa shape index (κ3) is 3.82. The highest BCUT2D eigenvalue weighted by molar-refractivity contribution is 5.85. The van der Waals surface area contributed by atoms with Crippen molar-refractivity contribution in [3.63, 3.8) is 0 Å². The lowest BCUT2D eigenvalue weighted by atomic mass is 9.79. The van der Waals surface area contributed by atoms with Crippen LogP contribution in [0, 0.1) is 11.8 Å². The van der Waals surface area contributed by atoms with Crippen LogP contribution in [-0.4, -0.2) is 17.0 Å². The van der Waals surface area contributed by atoms with Crippen molar-refractivity contribution in [1.82, 2.24) is 5.32 Å². The van der Waals surface area contributed by atoms with Gasteiger partial charge in [-0.05, 0) is 48.3 Å². The van der Waals surface area contributed by atoms with Gasteiger partial charge in [-0.3, -0.25) is 9.59 Å². The van der Waals surface area contributed by atoms with Gasteiger partial charge in [0, 0.05) is 0 Å². The summed E-state index contributed by atoms with van der Waals surface area (Å²) in [6.07, 6.45) is 5.85. The molecule has 4 nitrogen and oxygen atoms in total. The van der Waals surface area contributed by atoms with Crippen molar-refractivity contribution in [2.75, 3.05) is 0 Å². The van der Waals surface area contributed by atoms with Gasteiger partial charge in [-0.25, -0.2) is 0 Å². The monoisotopic (exact) mass is 377 g/mol. The number of hydrogen-bond acceptors (Lipinski definition) is 2. The fourth-order valence-corrected chi connectivity index (χ4v) is 4.53. The summed E-state index contributed by atoms with van der Waals surface area (Å²) >= 11 is 0. The number of rotatable bonds is 6. The molecule has 0 aliphatic heterocycles. The fraction of sp³-hybridized carbons (Fsp3) is 0.417. The average molecular weight is 377 g/mol. The molecule has 0 bridgehead atoms. The quantitative estimate of drug-likeness (QED) is 0.769. The molecular weight excluding hydrogens is 350 g/mol. The Labute approximate surface area is 166 Å². The topological polar surface area (TPSA) is 66.4 Å². The van der Waals surface area contributed by atoms with E-state index in [1.165, 1.54) is 24.8 Å². The van der Waals surface area contributed by atoms with Crippen LogP contribution in [0.15, 0.2) is 54.6 Å². The first-order valence-corrected chi connectivity index (χ1v) is 10.3. The average Bonchev–Trinajstić information content (AvgIpc) is 3.16. The Balaban J connectivity index is 1.57. The minimum atomic E-state index is -0.862. The van der Waals surface area contributed by atoms with E-state index in [1.54, 1.807) is 0 Å². The zero-order valence-electron chi connectivity index (χ0n) is 16.0. The highest BCUT2D eigenvalue weighted by Gasteiger charge is 2.38. The van der Waals surface area contributed by atoms with E-state index in [1.807, 2.05) is 30.3 Å². The van der Waals surface area contributed by atoms with Crippen LogP contribution in [0.2, 0.25) is 0 Å². The van der Waals surface area contributed by atoms with Gasteiger partial charge in [0.05, 0.1) is 17.9 Å². The van der Waals surface area contributed by atoms with Crippen LogP contribution in [0.25, 0.3) is 0 Å². The number of carboxylic acid groups (broad SMARTS) is 1. The van der Waals surface area contributed by atoms with Crippen molar-refractivity contribution in [3.05, 3.63) is 71.3 Å². The lowest BCUT2D eigenvalue weighted by molar-refractivity contribution is -0.146. The van der Waals surface area contributed by atoms with Gasteiger partial charge in [0.15, 0.2) is 0 Å². The second-order valence-electron chi connectivity index (χ2n) is 8.13. The summed E-state index contributed by atoms with van der Waals surface area (Å²) in [7, 11) is 0. The SMILES string of the molecule is O=C(O)[C@H]1CCC[C@H]1C(=O)N[C@@H](c1ccccc1)c1ccc(C2CCC2)cc1. The Morgan fingerprint density at radius 2 is 1.43 bits per heavy atom. The predicted octanol–water partition coefficient (Wildman–Crippen LogP) is 4.66. The van der Waals surface area contributed by atoms with E-state index < -0.39 is 17.8 Å². The van der Waals surface area contributed by atoms with Crippen LogP contribution in [-0.2, 0) is 9.59 Å². The largest absolute Gasteiger partial charge is 0.481 e. The summed E-state index contributed by atoms with van der Waals surface area (Å²) < 4.78 is 0. The maximum absolute atomic E-state index is 13.0. The molecule has 0 radical (unpaired) electrons. The summed E-state index contributed by atoms with van der Waals surface area (Å²) in [4.78, 5) is 24.5. The molecule has 2 saturated carbocycles. The van der Waals surface area contributed by atoms with Gasteiger partial charge in [-0.2, -0.15) is 0 Å². The second-order valence-corrected chi connectivity index (χ2v) is 8.13. The number of carbonyl (C=O) groups is 2. The molecular formula is C24H27NO3. The Morgan fingerprint density at radius 3 is 2.04 bits per heavy atom. The molecule has 2 N–H and O–H groups in total. The van der Waals surface area contributed by atoms with E-state index in [9.17, 15) is 14.7 Å². The minimum Gasteiger partial charge on any atom is -0.481 e. The van der Waals surface area contributed by atoms with E-state index in [0.717, 1.165) is 17.5 Å². The Morgan fingerprint density at radius 1 is 0.821 bits per heavy atom. The summed E-state index contributed by atoms with van der Waals surface area (Å²) in [6.45, 7) is 0. The zero-order valence-corrected chi connectivity index (χ0v) is 16.0. The van der Waals surface area contributed by atoms with Crippen LogP contribution >= 0.6 is 0 Å². The molecule has 4 heteroatoms. The number of hydrogen-bond donors (Lipinski definition) is 2. The summed E-state index contributed by atoms with van der Waals surface area (Å²) in [5.74, 6) is -1.36. The van der Waals surface area contributed by atoms with Crippen molar-refractivity contribution in [2.45, 2.75) is 50.5 Å². The Bertz CT molecular complexity index is 827. The van der Waals surface area contributed by atoms with Crippen LogP contribution in [0.5, 0.6) is 0 Å². The molecule has 2 aromatic rings. The Hall–Kier alpha value is -2.62. The van der Waals surface area contributed by atoms with Gasteiger partial charge < -0.3 is 10.4 Å². The van der Waals surface area contributed by atoms with Gasteiger partial charge in [-0.1, -0.05) is 67.4 Å². The first-order chi connectivity index (χ1) is 13.6. The molecule has 2 aliphatic rings. The van der Waals surface area contributed by atoms with Gasteiger partial charge >= 0.3 is 5.97 Å². The van der Waals surface area contributed by atoms with Crippen LogP contribution in [0.3, 0.4) is 0 Å². The van der Waals surface area contributed by atoms with Crippen LogP contribution in [0.1, 0.15) is 67.2 Å². The van der Waals surface area contributed by atoms with Crippen molar-refractivity contribution in [1.29, 1.82) is 0 Å². The molecule has 2 aromatic carbocycles. The molecule has 4 rings (SSSR count). The molecule has 2 aliphatic carbocycles. The molecule has 3 atom stereocenters. The Kier molecular flexibility index (Phi) is 5.47. The van der Waals surface area contributed by atoms with Crippen molar-refractivity contribution in [3.8, 4) is 0 Å². The number of benzene rings is 2. The molecule has 1 amide bonds. The van der Waals surface area contributed by atoms with E-state index in [4.69, 9.17) is 0 Å². The molecule has 0 saturated heterocycles.